The van der Waals surface area contributed by atoms with Crippen LogP contribution in [0.5, 0.6) is 5.75 Å². The first-order valence-electron chi connectivity index (χ1n) is 7.53. The van der Waals surface area contributed by atoms with Crippen LogP contribution in [-0.2, 0) is 0 Å². The molecule has 0 aliphatic carbocycles. The summed E-state index contributed by atoms with van der Waals surface area (Å²) in [6, 6.07) is 14.9. The molecule has 3 rings (SSSR count). The predicted molar refractivity (Wildman–Crippen MR) is 87.4 cm³/mol. The van der Waals surface area contributed by atoms with Crippen molar-refractivity contribution >= 4 is 11.6 Å². The third kappa shape index (κ3) is 3.06. The van der Waals surface area contributed by atoms with E-state index in [2.05, 4.69) is 4.90 Å². The molecule has 1 fully saturated rings. The molecule has 1 aliphatic rings. The van der Waals surface area contributed by atoms with E-state index < -0.39 is 0 Å². The second-order valence-electron chi connectivity index (χ2n) is 5.67. The molecule has 22 heavy (non-hydrogen) atoms. The van der Waals surface area contributed by atoms with Gasteiger partial charge in [0.05, 0.1) is 0 Å². The van der Waals surface area contributed by atoms with E-state index in [1.807, 2.05) is 48.2 Å². The fraction of sp³-hybridized carbons (Fsp3) is 0.278. The lowest BCUT2D eigenvalue weighted by atomic mass is 10.1. The van der Waals surface area contributed by atoms with Crippen molar-refractivity contribution in [1.82, 2.24) is 4.90 Å². The first-order valence-corrected chi connectivity index (χ1v) is 7.53. The Kier molecular flexibility index (Phi) is 4.00. The van der Waals surface area contributed by atoms with Crippen molar-refractivity contribution in [2.45, 2.75) is 6.92 Å². The fourth-order valence-corrected chi connectivity index (χ4v) is 2.79. The van der Waals surface area contributed by atoms with E-state index in [9.17, 15) is 9.90 Å². The van der Waals surface area contributed by atoms with E-state index in [-0.39, 0.29) is 11.7 Å². The summed E-state index contributed by atoms with van der Waals surface area (Å²) in [7, 11) is 0. The fourth-order valence-electron chi connectivity index (χ4n) is 2.79. The highest BCUT2D eigenvalue weighted by Gasteiger charge is 2.22. The molecule has 0 saturated carbocycles. The average molecular weight is 296 g/mol. The molecule has 0 aromatic heterocycles. The van der Waals surface area contributed by atoms with Gasteiger partial charge < -0.3 is 14.9 Å². The molecular weight excluding hydrogens is 276 g/mol. The van der Waals surface area contributed by atoms with Crippen molar-refractivity contribution in [3.8, 4) is 5.75 Å². The Morgan fingerprint density at radius 2 is 1.68 bits per heavy atom. The number of benzene rings is 2. The van der Waals surface area contributed by atoms with Gasteiger partial charge in [0, 0.05) is 37.4 Å². The van der Waals surface area contributed by atoms with Gasteiger partial charge >= 0.3 is 0 Å². The lowest BCUT2D eigenvalue weighted by Crippen LogP contribution is -2.48. The topological polar surface area (TPSA) is 43.8 Å². The number of piperazine rings is 1. The Morgan fingerprint density at radius 1 is 1.00 bits per heavy atom. The first kappa shape index (κ1) is 14.4. The van der Waals surface area contributed by atoms with Gasteiger partial charge in [0.2, 0.25) is 0 Å². The molecule has 1 aliphatic heterocycles. The van der Waals surface area contributed by atoms with E-state index >= 15 is 0 Å². The molecule has 2 aromatic rings. The number of carbonyl (C=O) groups is 1. The molecule has 114 valence electrons. The summed E-state index contributed by atoms with van der Waals surface area (Å²) < 4.78 is 0. The molecular formula is C18H20N2O2. The summed E-state index contributed by atoms with van der Waals surface area (Å²) in [4.78, 5) is 16.7. The number of aryl methyl sites for hydroxylation is 1. The molecule has 1 saturated heterocycles. The monoisotopic (exact) mass is 296 g/mol. The van der Waals surface area contributed by atoms with Gasteiger partial charge in [-0.3, -0.25) is 4.79 Å². The minimum Gasteiger partial charge on any atom is -0.508 e. The Labute approximate surface area is 130 Å². The summed E-state index contributed by atoms with van der Waals surface area (Å²) >= 11 is 0. The SMILES string of the molecule is Cc1cccc(C(=O)N2CCN(c3ccc(O)cc3)CC2)c1. The van der Waals surface area contributed by atoms with Gasteiger partial charge in [-0.15, -0.1) is 0 Å². The zero-order valence-corrected chi connectivity index (χ0v) is 12.7. The second-order valence-corrected chi connectivity index (χ2v) is 5.67. The zero-order chi connectivity index (χ0) is 15.5. The van der Waals surface area contributed by atoms with Crippen molar-refractivity contribution in [3.63, 3.8) is 0 Å². The number of phenols is 1. The van der Waals surface area contributed by atoms with Crippen LogP contribution in [0.15, 0.2) is 48.5 Å². The molecule has 2 aromatic carbocycles. The van der Waals surface area contributed by atoms with Crippen LogP contribution in [0.25, 0.3) is 0 Å². The molecule has 0 unspecified atom stereocenters. The van der Waals surface area contributed by atoms with Crippen molar-refractivity contribution in [2.75, 3.05) is 31.1 Å². The number of anilines is 1. The molecule has 4 nitrogen and oxygen atoms in total. The summed E-state index contributed by atoms with van der Waals surface area (Å²) in [6.07, 6.45) is 0. The molecule has 0 radical (unpaired) electrons. The Morgan fingerprint density at radius 3 is 2.32 bits per heavy atom. The zero-order valence-electron chi connectivity index (χ0n) is 12.7. The molecule has 0 atom stereocenters. The molecule has 1 heterocycles. The van der Waals surface area contributed by atoms with Gasteiger partial charge in [0.1, 0.15) is 5.75 Å². The van der Waals surface area contributed by atoms with E-state index in [0.29, 0.717) is 13.1 Å². The lowest BCUT2D eigenvalue weighted by molar-refractivity contribution is 0.0746. The lowest BCUT2D eigenvalue weighted by Gasteiger charge is -2.36. The van der Waals surface area contributed by atoms with Crippen molar-refractivity contribution in [2.24, 2.45) is 0 Å². The van der Waals surface area contributed by atoms with E-state index in [1.54, 1.807) is 12.1 Å². The highest BCUT2D eigenvalue weighted by Crippen LogP contribution is 2.20. The summed E-state index contributed by atoms with van der Waals surface area (Å²) in [6.45, 7) is 5.05. The van der Waals surface area contributed by atoms with E-state index in [4.69, 9.17) is 0 Å². The average Bonchev–Trinajstić information content (AvgIpc) is 2.55. The highest BCUT2D eigenvalue weighted by atomic mass is 16.3. The number of hydrogen-bond donors (Lipinski definition) is 1. The second kappa shape index (κ2) is 6.10. The number of nitrogens with zero attached hydrogens (tertiary/aromatic N) is 2. The molecule has 4 heteroatoms. The molecule has 1 amide bonds. The molecule has 1 N–H and O–H groups in total. The van der Waals surface area contributed by atoms with Crippen molar-refractivity contribution < 1.29 is 9.90 Å². The van der Waals surface area contributed by atoms with Crippen molar-refractivity contribution in [3.05, 3.63) is 59.7 Å². The summed E-state index contributed by atoms with van der Waals surface area (Å²) in [5, 5.41) is 9.35. The Balaban J connectivity index is 1.64. The van der Waals surface area contributed by atoms with E-state index in [1.165, 1.54) is 0 Å². The van der Waals surface area contributed by atoms with Gasteiger partial charge in [-0.1, -0.05) is 17.7 Å². The van der Waals surface area contributed by atoms with Gasteiger partial charge in [0.15, 0.2) is 0 Å². The number of hydrogen-bond acceptors (Lipinski definition) is 3. The van der Waals surface area contributed by atoms with Crippen LogP contribution in [0.4, 0.5) is 5.69 Å². The number of carbonyl (C=O) groups excluding carboxylic acids is 1. The van der Waals surface area contributed by atoms with Crippen LogP contribution in [-0.4, -0.2) is 42.1 Å². The van der Waals surface area contributed by atoms with Gasteiger partial charge in [-0.05, 0) is 43.3 Å². The van der Waals surface area contributed by atoms with E-state index in [0.717, 1.165) is 29.9 Å². The van der Waals surface area contributed by atoms with Crippen LogP contribution in [0.3, 0.4) is 0 Å². The maximum atomic E-state index is 12.5. The minimum absolute atomic E-state index is 0.106. The largest absolute Gasteiger partial charge is 0.508 e. The maximum absolute atomic E-state index is 12.5. The minimum atomic E-state index is 0.106. The standard InChI is InChI=1S/C18H20N2O2/c1-14-3-2-4-15(13-14)18(22)20-11-9-19(10-12-20)16-5-7-17(21)8-6-16/h2-8,13,21H,9-12H2,1H3. The van der Waals surface area contributed by atoms with Crippen LogP contribution < -0.4 is 4.90 Å². The Bertz CT molecular complexity index is 659. The number of amides is 1. The predicted octanol–water partition coefficient (Wildman–Crippen LogP) is 2.66. The third-order valence-corrected chi connectivity index (χ3v) is 4.05. The van der Waals surface area contributed by atoms with Crippen LogP contribution in [0.2, 0.25) is 0 Å². The third-order valence-electron chi connectivity index (χ3n) is 4.05. The van der Waals surface area contributed by atoms with Gasteiger partial charge in [-0.25, -0.2) is 0 Å². The quantitative estimate of drug-likeness (QED) is 0.926. The normalized spacial score (nSPS) is 15.0. The number of rotatable bonds is 2. The summed E-state index contributed by atoms with van der Waals surface area (Å²) in [5.74, 6) is 0.381. The highest BCUT2D eigenvalue weighted by molar-refractivity contribution is 5.94. The smallest absolute Gasteiger partial charge is 0.253 e. The summed E-state index contributed by atoms with van der Waals surface area (Å²) in [5.41, 5.74) is 2.95. The number of aromatic hydroxyl groups is 1. The number of phenolic OH excluding ortho intramolecular Hbond substituents is 1. The Hall–Kier alpha value is -2.49. The van der Waals surface area contributed by atoms with Crippen LogP contribution in [0.1, 0.15) is 15.9 Å². The first-order chi connectivity index (χ1) is 10.6. The molecule has 0 spiro atoms. The van der Waals surface area contributed by atoms with Gasteiger partial charge in [0.25, 0.3) is 5.91 Å². The molecule has 0 bridgehead atoms. The van der Waals surface area contributed by atoms with Crippen molar-refractivity contribution in [1.29, 1.82) is 0 Å². The van der Waals surface area contributed by atoms with Crippen LogP contribution in [0, 0.1) is 6.92 Å². The maximum Gasteiger partial charge on any atom is 0.253 e. The van der Waals surface area contributed by atoms with Crippen LogP contribution >= 0.6 is 0 Å². The van der Waals surface area contributed by atoms with Gasteiger partial charge in [-0.2, -0.15) is 0 Å².